The molecular weight excluding hydrogens is 508 g/mol. The average molecular weight is 543 g/mol. The van der Waals surface area contributed by atoms with Crippen LogP contribution in [0.5, 0.6) is 0 Å². The quantitative estimate of drug-likeness (QED) is 0.353. The second-order valence-corrected chi connectivity index (χ2v) is 11.4. The first-order chi connectivity index (χ1) is 18.2. The van der Waals surface area contributed by atoms with Crippen molar-refractivity contribution in [3.05, 3.63) is 77.9 Å². The van der Waals surface area contributed by atoms with Gasteiger partial charge in [0, 0.05) is 6.54 Å². The molecule has 2 aromatic rings. The highest BCUT2D eigenvalue weighted by Gasteiger charge is 2.39. The first-order valence-electron chi connectivity index (χ1n) is 12.5. The molecule has 204 valence electrons. The summed E-state index contributed by atoms with van der Waals surface area (Å²) < 4.78 is 25.2. The van der Waals surface area contributed by atoms with Crippen molar-refractivity contribution in [2.45, 2.75) is 33.3 Å². The highest BCUT2D eigenvalue weighted by molar-refractivity contribution is 7.89. The second-order valence-electron chi connectivity index (χ2n) is 9.42. The van der Waals surface area contributed by atoms with Crippen LogP contribution >= 0.6 is 0 Å². The third kappa shape index (κ3) is 8.42. The molecule has 1 saturated heterocycles. The molecule has 0 aliphatic carbocycles. The number of sulfonamides is 1. The predicted octanol–water partition coefficient (Wildman–Crippen LogP) is 3.00. The summed E-state index contributed by atoms with van der Waals surface area (Å²) in [4.78, 5) is 44.4. The van der Waals surface area contributed by atoms with Crippen LogP contribution in [0.2, 0.25) is 0 Å². The number of nitrogens with zero attached hydrogens (tertiary/aromatic N) is 1. The Bertz CT molecular complexity index is 1220. The minimum atomic E-state index is -4.02. The SMILES string of the molecule is CC(C)C[C@@H](C(=O)NN1C(=O)NCCS1(=O)=O)[C@H](C/C=C/c1ccccc1)C(=O)NOCc1ccccc1. The van der Waals surface area contributed by atoms with Gasteiger partial charge in [-0.15, -0.1) is 4.41 Å². The lowest BCUT2D eigenvalue weighted by molar-refractivity contribution is -0.145. The molecule has 0 aromatic heterocycles. The van der Waals surface area contributed by atoms with E-state index in [-0.39, 0.29) is 37.7 Å². The molecule has 0 spiro atoms. The number of amides is 4. The topological polar surface area (TPSA) is 134 Å². The molecule has 0 unspecified atom stereocenters. The van der Waals surface area contributed by atoms with Gasteiger partial charge in [0.05, 0.1) is 24.2 Å². The van der Waals surface area contributed by atoms with Crippen molar-refractivity contribution in [3.8, 4) is 0 Å². The monoisotopic (exact) mass is 542 g/mol. The van der Waals surface area contributed by atoms with E-state index in [4.69, 9.17) is 4.84 Å². The second kappa shape index (κ2) is 13.7. The van der Waals surface area contributed by atoms with E-state index in [1.54, 1.807) is 6.08 Å². The molecule has 38 heavy (non-hydrogen) atoms. The van der Waals surface area contributed by atoms with Crippen molar-refractivity contribution in [2.75, 3.05) is 12.3 Å². The Morgan fingerprint density at radius 1 is 1.03 bits per heavy atom. The highest BCUT2D eigenvalue weighted by atomic mass is 32.2. The first-order valence-corrected chi connectivity index (χ1v) is 14.1. The van der Waals surface area contributed by atoms with Crippen LogP contribution in [0, 0.1) is 17.8 Å². The first kappa shape index (κ1) is 28.9. The molecule has 11 heteroatoms. The summed E-state index contributed by atoms with van der Waals surface area (Å²) in [7, 11) is -4.02. The number of nitrogens with one attached hydrogen (secondary N) is 3. The van der Waals surface area contributed by atoms with Gasteiger partial charge in [-0.25, -0.2) is 24.1 Å². The van der Waals surface area contributed by atoms with Gasteiger partial charge in [-0.05, 0) is 29.9 Å². The van der Waals surface area contributed by atoms with Crippen molar-refractivity contribution in [1.29, 1.82) is 0 Å². The van der Waals surface area contributed by atoms with Crippen LogP contribution in [0.3, 0.4) is 0 Å². The van der Waals surface area contributed by atoms with Crippen LogP contribution in [0.1, 0.15) is 37.8 Å². The number of carbonyl (C=O) groups excluding carboxylic acids is 3. The van der Waals surface area contributed by atoms with E-state index in [9.17, 15) is 22.8 Å². The zero-order valence-electron chi connectivity index (χ0n) is 21.5. The van der Waals surface area contributed by atoms with E-state index in [0.717, 1.165) is 11.1 Å². The minimum absolute atomic E-state index is 0.00354. The minimum Gasteiger partial charge on any atom is -0.335 e. The molecule has 1 fully saturated rings. The van der Waals surface area contributed by atoms with Gasteiger partial charge in [0.25, 0.3) is 10.0 Å². The molecule has 2 atom stereocenters. The standard InChI is InChI=1S/C27H34N4O6S/c1-20(2)18-24(25(32)29-31-27(34)28-16-17-38(31,35)36)23(15-9-14-21-10-5-3-6-11-21)26(33)30-37-19-22-12-7-4-8-13-22/h3-14,20,23-24H,15-19H2,1-2H3,(H,28,34)(H,29,32)(H,30,33)/b14-9+/t23-,24+/m0/s1. The molecule has 0 bridgehead atoms. The lowest BCUT2D eigenvalue weighted by Gasteiger charge is -2.31. The maximum Gasteiger partial charge on any atom is 0.350 e. The molecule has 1 aliphatic rings. The maximum atomic E-state index is 13.4. The molecule has 2 aromatic carbocycles. The van der Waals surface area contributed by atoms with Gasteiger partial charge in [0.1, 0.15) is 0 Å². The number of hydrogen-bond acceptors (Lipinski definition) is 6. The summed E-state index contributed by atoms with van der Waals surface area (Å²) in [6.45, 7) is 3.88. The molecule has 0 radical (unpaired) electrons. The van der Waals surface area contributed by atoms with Crippen LogP contribution in [-0.2, 0) is 31.1 Å². The largest absolute Gasteiger partial charge is 0.350 e. The fourth-order valence-electron chi connectivity index (χ4n) is 4.05. The average Bonchev–Trinajstić information content (AvgIpc) is 2.88. The van der Waals surface area contributed by atoms with Gasteiger partial charge in [-0.1, -0.05) is 86.7 Å². The maximum absolute atomic E-state index is 13.4. The molecular formula is C27H34N4O6S. The summed E-state index contributed by atoms with van der Waals surface area (Å²) in [6.07, 6.45) is 4.09. The van der Waals surface area contributed by atoms with Crippen LogP contribution < -0.4 is 16.2 Å². The van der Waals surface area contributed by atoms with Crippen LogP contribution in [-0.4, -0.2) is 43.0 Å². The van der Waals surface area contributed by atoms with Crippen LogP contribution in [0.4, 0.5) is 4.79 Å². The van der Waals surface area contributed by atoms with Gasteiger partial charge in [-0.3, -0.25) is 14.4 Å². The van der Waals surface area contributed by atoms with Gasteiger partial charge in [0.2, 0.25) is 11.8 Å². The third-order valence-corrected chi connectivity index (χ3v) is 7.48. The Morgan fingerprint density at radius 2 is 1.68 bits per heavy atom. The van der Waals surface area contributed by atoms with E-state index in [2.05, 4.69) is 16.2 Å². The van der Waals surface area contributed by atoms with Gasteiger partial charge >= 0.3 is 6.03 Å². The number of hydrazine groups is 1. The van der Waals surface area contributed by atoms with Crippen molar-refractivity contribution in [1.82, 2.24) is 20.6 Å². The Labute approximate surface area is 223 Å². The number of hydrogen-bond donors (Lipinski definition) is 3. The van der Waals surface area contributed by atoms with Crippen LogP contribution in [0.15, 0.2) is 66.7 Å². The van der Waals surface area contributed by atoms with E-state index < -0.39 is 39.7 Å². The van der Waals surface area contributed by atoms with Crippen molar-refractivity contribution in [3.63, 3.8) is 0 Å². The van der Waals surface area contributed by atoms with Gasteiger partial charge in [-0.2, -0.15) is 0 Å². The number of rotatable bonds is 12. The normalized spacial score (nSPS) is 16.6. The van der Waals surface area contributed by atoms with E-state index in [0.29, 0.717) is 4.41 Å². The lowest BCUT2D eigenvalue weighted by atomic mass is 9.82. The summed E-state index contributed by atoms with van der Waals surface area (Å²) in [5.41, 5.74) is 6.47. The van der Waals surface area contributed by atoms with E-state index >= 15 is 0 Å². The zero-order chi connectivity index (χ0) is 27.5. The highest BCUT2D eigenvalue weighted by Crippen LogP contribution is 2.26. The number of urea groups is 1. The van der Waals surface area contributed by atoms with Crippen molar-refractivity contribution in [2.24, 2.45) is 17.8 Å². The molecule has 1 heterocycles. The zero-order valence-corrected chi connectivity index (χ0v) is 22.3. The fourth-order valence-corrected chi connectivity index (χ4v) is 5.14. The van der Waals surface area contributed by atoms with Crippen LogP contribution in [0.25, 0.3) is 6.08 Å². The third-order valence-electron chi connectivity index (χ3n) is 5.95. The lowest BCUT2D eigenvalue weighted by Crippen LogP contribution is -2.60. The molecule has 0 saturated carbocycles. The summed E-state index contributed by atoms with van der Waals surface area (Å²) in [5, 5.41) is 2.40. The van der Waals surface area contributed by atoms with Crippen molar-refractivity contribution >= 4 is 33.9 Å². The van der Waals surface area contributed by atoms with Gasteiger partial charge < -0.3 is 5.32 Å². The Balaban J connectivity index is 1.81. The number of allylic oxidation sites excluding steroid dienone is 1. The Hall–Kier alpha value is -3.70. The van der Waals surface area contributed by atoms with Gasteiger partial charge in [0.15, 0.2) is 0 Å². The summed E-state index contributed by atoms with van der Waals surface area (Å²) in [5.74, 6) is -3.45. The summed E-state index contributed by atoms with van der Waals surface area (Å²) in [6, 6.07) is 17.8. The molecule has 1 aliphatic heterocycles. The number of hydroxylamine groups is 1. The smallest absolute Gasteiger partial charge is 0.335 e. The van der Waals surface area contributed by atoms with E-state index in [1.165, 1.54) is 0 Å². The van der Waals surface area contributed by atoms with Crippen molar-refractivity contribution < 1.29 is 27.6 Å². The molecule has 3 rings (SSSR count). The summed E-state index contributed by atoms with van der Waals surface area (Å²) >= 11 is 0. The molecule has 3 N–H and O–H groups in total. The Kier molecular flexibility index (Phi) is 10.4. The molecule has 10 nitrogen and oxygen atoms in total. The fraction of sp³-hybridized carbons (Fsp3) is 0.370. The number of benzene rings is 2. The predicted molar refractivity (Wildman–Crippen MR) is 143 cm³/mol. The van der Waals surface area contributed by atoms with E-state index in [1.807, 2.05) is 80.6 Å². The Morgan fingerprint density at radius 3 is 2.32 bits per heavy atom. The molecule has 4 amide bonds. The number of carbonyl (C=O) groups is 3.